The molecule has 0 bridgehead atoms. The van der Waals surface area contributed by atoms with Crippen LogP contribution >= 0.6 is 0 Å². The number of H-pyrrole nitrogens is 1. The standard InChI is InChI=1S/C30H46N4O4/c1-16-10-11-18(3)19(12-16)26-32-27(34-33-26)23(20(15-31)28(35)36)25(38-37)24-21(29(4,5)6)13-17(2)14-22(24)30(7,8)9/h10-12,17,20-25,28,35-37H,13-14H2,1-9H3,(H,32,33,34). The van der Waals surface area contributed by atoms with Gasteiger partial charge >= 0.3 is 0 Å². The number of rotatable bonds is 7. The molecular formula is C30H46N4O4. The van der Waals surface area contributed by atoms with Crippen LogP contribution < -0.4 is 0 Å². The van der Waals surface area contributed by atoms with Crippen molar-refractivity contribution in [3.63, 3.8) is 0 Å². The Morgan fingerprint density at radius 2 is 1.63 bits per heavy atom. The second-order valence-electron chi connectivity index (χ2n) is 13.6. The van der Waals surface area contributed by atoms with Crippen molar-refractivity contribution in [3.8, 4) is 17.5 Å². The molecule has 0 aliphatic heterocycles. The number of aryl methyl sites for hydroxylation is 2. The Bertz CT molecular complexity index is 1100. The first-order valence-electron chi connectivity index (χ1n) is 13.7. The van der Waals surface area contributed by atoms with Crippen molar-refractivity contribution < 1.29 is 20.4 Å². The van der Waals surface area contributed by atoms with Crippen LogP contribution in [0.15, 0.2) is 18.2 Å². The van der Waals surface area contributed by atoms with Gasteiger partial charge in [-0.15, -0.1) is 0 Å². The third-order valence-electron chi connectivity index (χ3n) is 8.63. The number of hydrogen-bond acceptors (Lipinski definition) is 7. The van der Waals surface area contributed by atoms with Crippen LogP contribution in [0.4, 0.5) is 0 Å². The smallest absolute Gasteiger partial charge is 0.181 e. The van der Waals surface area contributed by atoms with Gasteiger partial charge in [0.2, 0.25) is 0 Å². The summed E-state index contributed by atoms with van der Waals surface area (Å²) in [5, 5.41) is 48.7. The molecule has 0 saturated heterocycles. The minimum Gasteiger partial charge on any atom is -0.367 e. The van der Waals surface area contributed by atoms with E-state index in [9.17, 15) is 20.7 Å². The maximum atomic E-state index is 10.5. The van der Waals surface area contributed by atoms with Crippen LogP contribution in [0.5, 0.6) is 0 Å². The van der Waals surface area contributed by atoms with Crippen LogP contribution in [0.3, 0.4) is 0 Å². The van der Waals surface area contributed by atoms with E-state index in [0.29, 0.717) is 17.6 Å². The van der Waals surface area contributed by atoms with Crippen LogP contribution in [0.25, 0.3) is 11.4 Å². The fourth-order valence-electron chi connectivity index (χ4n) is 6.64. The molecule has 1 aromatic heterocycles. The van der Waals surface area contributed by atoms with Crippen LogP contribution in [-0.2, 0) is 4.89 Å². The van der Waals surface area contributed by atoms with E-state index in [4.69, 9.17) is 9.87 Å². The predicted molar refractivity (Wildman–Crippen MR) is 147 cm³/mol. The van der Waals surface area contributed by atoms with Gasteiger partial charge in [0.25, 0.3) is 0 Å². The van der Waals surface area contributed by atoms with Crippen molar-refractivity contribution in [1.82, 2.24) is 15.2 Å². The molecule has 8 heteroatoms. The third-order valence-corrected chi connectivity index (χ3v) is 8.63. The molecule has 1 aliphatic carbocycles. The van der Waals surface area contributed by atoms with E-state index in [1.165, 1.54) is 0 Å². The van der Waals surface area contributed by atoms with Gasteiger partial charge in [0, 0.05) is 5.56 Å². The first-order chi connectivity index (χ1) is 17.6. The van der Waals surface area contributed by atoms with Crippen LogP contribution in [0.1, 0.15) is 84.2 Å². The molecule has 210 valence electrons. The average molecular weight is 527 g/mol. The fourth-order valence-corrected chi connectivity index (χ4v) is 6.64. The number of aromatic nitrogens is 3. The fraction of sp³-hybridized carbons (Fsp3) is 0.700. The van der Waals surface area contributed by atoms with E-state index in [-0.39, 0.29) is 28.6 Å². The zero-order chi connectivity index (χ0) is 28.6. The lowest BCUT2D eigenvalue weighted by atomic mass is 9.52. The zero-order valence-electron chi connectivity index (χ0n) is 24.4. The number of aliphatic hydroxyl groups is 2. The average Bonchev–Trinajstić information content (AvgIpc) is 3.29. The van der Waals surface area contributed by atoms with E-state index in [2.05, 4.69) is 64.7 Å². The molecule has 1 saturated carbocycles. The highest BCUT2D eigenvalue weighted by molar-refractivity contribution is 5.60. The van der Waals surface area contributed by atoms with Gasteiger partial charge in [0.1, 0.15) is 17.8 Å². The molecule has 8 nitrogen and oxygen atoms in total. The van der Waals surface area contributed by atoms with Gasteiger partial charge in [-0.25, -0.2) is 9.87 Å². The molecule has 1 heterocycles. The van der Waals surface area contributed by atoms with Crippen molar-refractivity contribution in [2.75, 3.05) is 0 Å². The highest BCUT2D eigenvalue weighted by Crippen LogP contribution is 2.55. The Balaban J connectivity index is 2.21. The predicted octanol–water partition coefficient (Wildman–Crippen LogP) is 5.85. The molecule has 1 aliphatic rings. The number of benzene rings is 1. The zero-order valence-corrected chi connectivity index (χ0v) is 24.4. The van der Waals surface area contributed by atoms with Gasteiger partial charge in [-0.1, -0.05) is 66.2 Å². The summed E-state index contributed by atoms with van der Waals surface area (Å²) in [5.41, 5.74) is 2.67. The lowest BCUT2D eigenvalue weighted by Gasteiger charge is -2.54. The van der Waals surface area contributed by atoms with Crippen molar-refractivity contribution >= 4 is 0 Å². The quantitative estimate of drug-likeness (QED) is 0.202. The molecule has 0 spiro atoms. The monoisotopic (exact) mass is 526 g/mol. The minimum absolute atomic E-state index is 0.116. The molecule has 1 aromatic carbocycles. The van der Waals surface area contributed by atoms with Crippen LogP contribution in [0.2, 0.25) is 0 Å². The highest BCUT2D eigenvalue weighted by Gasteiger charge is 2.54. The van der Waals surface area contributed by atoms with Crippen molar-refractivity contribution in [2.24, 2.45) is 40.4 Å². The summed E-state index contributed by atoms with van der Waals surface area (Å²) < 4.78 is 0. The Hall–Kier alpha value is -2.31. The van der Waals surface area contributed by atoms with E-state index in [1.54, 1.807) is 0 Å². The molecule has 0 amide bonds. The summed E-state index contributed by atoms with van der Waals surface area (Å²) in [6, 6.07) is 8.07. The summed E-state index contributed by atoms with van der Waals surface area (Å²) in [4.78, 5) is 10.1. The number of nitrogens with zero attached hydrogens (tertiary/aromatic N) is 3. The maximum absolute atomic E-state index is 10.5. The van der Waals surface area contributed by atoms with Crippen LogP contribution in [-0.4, -0.2) is 43.0 Å². The summed E-state index contributed by atoms with van der Waals surface area (Å²) in [6.07, 6.45) is -0.991. The summed E-state index contributed by atoms with van der Waals surface area (Å²) >= 11 is 0. The number of aromatic amines is 1. The van der Waals surface area contributed by atoms with Gasteiger partial charge in [-0.2, -0.15) is 10.4 Å². The van der Waals surface area contributed by atoms with E-state index < -0.39 is 24.2 Å². The minimum atomic E-state index is -1.96. The SMILES string of the molecule is Cc1ccc(C)c(-c2n[nH]c(C(C(C#N)C(O)O)C(OO)C3C(C(C)(C)C)CC(C)CC3C(C)(C)C)n2)c1. The lowest BCUT2D eigenvalue weighted by Crippen LogP contribution is -2.52. The second kappa shape index (κ2) is 11.4. The third kappa shape index (κ3) is 6.28. The van der Waals surface area contributed by atoms with Gasteiger partial charge in [-0.3, -0.25) is 10.4 Å². The van der Waals surface area contributed by atoms with Gasteiger partial charge < -0.3 is 10.2 Å². The number of nitrogens with one attached hydrogen (secondary N) is 1. The van der Waals surface area contributed by atoms with Gasteiger partial charge in [0.05, 0.1) is 12.0 Å². The largest absolute Gasteiger partial charge is 0.367 e. The summed E-state index contributed by atoms with van der Waals surface area (Å²) in [6.45, 7) is 19.4. The number of hydrogen-bond donors (Lipinski definition) is 4. The van der Waals surface area contributed by atoms with E-state index in [1.807, 2.05) is 32.0 Å². The number of nitriles is 1. The first-order valence-corrected chi connectivity index (χ1v) is 13.7. The van der Waals surface area contributed by atoms with E-state index >= 15 is 0 Å². The Morgan fingerprint density at radius 3 is 2.11 bits per heavy atom. The second-order valence-corrected chi connectivity index (χ2v) is 13.6. The summed E-state index contributed by atoms with van der Waals surface area (Å²) in [7, 11) is 0. The Labute approximate surface area is 227 Å². The lowest BCUT2D eigenvalue weighted by molar-refractivity contribution is -0.316. The topological polar surface area (TPSA) is 135 Å². The van der Waals surface area contributed by atoms with Crippen molar-refractivity contribution in [2.45, 2.75) is 93.5 Å². The first kappa shape index (κ1) is 30.2. The van der Waals surface area contributed by atoms with Crippen molar-refractivity contribution in [1.29, 1.82) is 5.26 Å². The Kier molecular flexibility index (Phi) is 9.09. The number of aliphatic hydroxyl groups excluding tert-OH is 1. The van der Waals surface area contributed by atoms with E-state index in [0.717, 1.165) is 29.5 Å². The van der Waals surface area contributed by atoms with Crippen molar-refractivity contribution in [3.05, 3.63) is 35.2 Å². The van der Waals surface area contributed by atoms with Gasteiger partial charge in [0.15, 0.2) is 12.1 Å². The summed E-state index contributed by atoms with van der Waals surface area (Å²) in [5.74, 6) is -0.920. The molecular weight excluding hydrogens is 480 g/mol. The molecule has 5 unspecified atom stereocenters. The normalized spacial score (nSPS) is 25.2. The molecule has 2 aromatic rings. The molecule has 4 N–H and O–H groups in total. The van der Waals surface area contributed by atoms with Crippen LogP contribution in [0, 0.1) is 65.6 Å². The molecule has 38 heavy (non-hydrogen) atoms. The van der Waals surface area contributed by atoms with Gasteiger partial charge in [-0.05, 0) is 72.8 Å². The molecule has 1 fully saturated rings. The molecule has 0 radical (unpaired) electrons. The maximum Gasteiger partial charge on any atom is 0.181 e. The highest BCUT2D eigenvalue weighted by atomic mass is 17.1. The Morgan fingerprint density at radius 1 is 1.05 bits per heavy atom. The molecule has 3 rings (SSSR count). The molecule has 5 atom stereocenters.